The first-order valence-corrected chi connectivity index (χ1v) is 8.05. The van der Waals surface area contributed by atoms with Crippen LogP contribution >= 0.6 is 12.2 Å². The third-order valence-electron chi connectivity index (χ3n) is 2.90. The monoisotopic (exact) mass is 264 g/mol. The molecule has 1 unspecified atom stereocenters. The number of nitrogens with zero attached hydrogens (tertiary/aromatic N) is 1. The zero-order valence-corrected chi connectivity index (χ0v) is 11.3. The third-order valence-corrected chi connectivity index (χ3v) is 4.26. The smallest absolute Gasteiger partial charge is 0.147 e. The standard InChI is InChI=1S/C10H20N2O2S2/c1-16(13,14)7-3-6-12-5-2-4-9(8-12)10(11)15/h9H,2-8H2,1H3,(H2,11,15). The lowest BCUT2D eigenvalue weighted by molar-refractivity contribution is 0.205. The predicted molar refractivity (Wildman–Crippen MR) is 70.3 cm³/mol. The highest BCUT2D eigenvalue weighted by molar-refractivity contribution is 7.90. The van der Waals surface area contributed by atoms with E-state index < -0.39 is 9.84 Å². The number of nitrogens with two attached hydrogens (primary N) is 1. The van der Waals surface area contributed by atoms with Gasteiger partial charge in [-0.2, -0.15) is 0 Å². The largest absolute Gasteiger partial charge is 0.393 e. The van der Waals surface area contributed by atoms with Gasteiger partial charge >= 0.3 is 0 Å². The van der Waals surface area contributed by atoms with E-state index in [4.69, 9.17) is 18.0 Å². The zero-order valence-electron chi connectivity index (χ0n) is 9.68. The summed E-state index contributed by atoms with van der Waals surface area (Å²) in [4.78, 5) is 2.85. The maximum atomic E-state index is 11.0. The molecular formula is C10H20N2O2S2. The van der Waals surface area contributed by atoms with Crippen molar-refractivity contribution in [2.45, 2.75) is 19.3 Å². The lowest BCUT2D eigenvalue weighted by Crippen LogP contribution is -2.41. The molecule has 94 valence electrons. The van der Waals surface area contributed by atoms with Crippen LogP contribution in [0.1, 0.15) is 19.3 Å². The van der Waals surface area contributed by atoms with Crippen LogP contribution < -0.4 is 5.73 Å². The Morgan fingerprint density at radius 1 is 1.56 bits per heavy atom. The van der Waals surface area contributed by atoms with E-state index in [1.807, 2.05) is 0 Å². The highest BCUT2D eigenvalue weighted by atomic mass is 32.2. The molecule has 1 saturated heterocycles. The van der Waals surface area contributed by atoms with Crippen molar-refractivity contribution >= 4 is 27.0 Å². The Kier molecular flexibility index (Phi) is 5.14. The van der Waals surface area contributed by atoms with Crippen LogP contribution in [0.25, 0.3) is 0 Å². The Labute approximate surface area is 103 Å². The van der Waals surface area contributed by atoms with Crippen LogP contribution in [-0.2, 0) is 9.84 Å². The van der Waals surface area contributed by atoms with Gasteiger partial charge in [-0.05, 0) is 32.4 Å². The number of sulfone groups is 1. The Morgan fingerprint density at radius 3 is 2.81 bits per heavy atom. The number of hydrogen-bond acceptors (Lipinski definition) is 4. The molecule has 1 fully saturated rings. The molecule has 16 heavy (non-hydrogen) atoms. The maximum absolute atomic E-state index is 11.0. The lowest BCUT2D eigenvalue weighted by atomic mass is 9.98. The molecule has 0 spiro atoms. The molecule has 1 heterocycles. The van der Waals surface area contributed by atoms with E-state index in [2.05, 4.69) is 4.90 Å². The Balaban J connectivity index is 2.30. The van der Waals surface area contributed by atoms with Gasteiger partial charge in [-0.15, -0.1) is 0 Å². The SMILES string of the molecule is CS(=O)(=O)CCCN1CCCC(C(N)=S)C1. The number of rotatable bonds is 5. The highest BCUT2D eigenvalue weighted by Gasteiger charge is 2.21. The van der Waals surface area contributed by atoms with Gasteiger partial charge in [0.05, 0.1) is 10.7 Å². The van der Waals surface area contributed by atoms with Crippen molar-refractivity contribution in [2.24, 2.45) is 11.7 Å². The van der Waals surface area contributed by atoms with Gasteiger partial charge in [0, 0.05) is 18.7 Å². The molecule has 0 bridgehead atoms. The van der Waals surface area contributed by atoms with Gasteiger partial charge in [0.15, 0.2) is 0 Å². The second-order valence-corrected chi connectivity index (χ2v) is 7.26. The molecule has 6 heteroatoms. The second kappa shape index (κ2) is 5.93. The van der Waals surface area contributed by atoms with Crippen molar-refractivity contribution in [3.63, 3.8) is 0 Å². The first kappa shape index (κ1) is 13.9. The molecule has 0 aromatic heterocycles. The molecule has 0 aromatic carbocycles. The average molecular weight is 264 g/mol. The van der Waals surface area contributed by atoms with E-state index in [9.17, 15) is 8.42 Å². The van der Waals surface area contributed by atoms with Crippen LogP contribution in [0.3, 0.4) is 0 Å². The number of thiocarbonyl (C=S) groups is 1. The number of likely N-dealkylation sites (tertiary alicyclic amines) is 1. The maximum Gasteiger partial charge on any atom is 0.147 e. The van der Waals surface area contributed by atoms with E-state index in [0.29, 0.717) is 17.3 Å². The second-order valence-electron chi connectivity index (χ2n) is 4.53. The van der Waals surface area contributed by atoms with Crippen LogP contribution in [0, 0.1) is 5.92 Å². The van der Waals surface area contributed by atoms with Crippen LogP contribution in [-0.4, -0.2) is 49.9 Å². The minimum atomic E-state index is -2.83. The molecule has 2 N–H and O–H groups in total. The molecule has 1 rings (SSSR count). The summed E-state index contributed by atoms with van der Waals surface area (Å²) in [7, 11) is -2.83. The van der Waals surface area contributed by atoms with Crippen LogP contribution in [0.4, 0.5) is 0 Å². The number of piperidine rings is 1. The fraction of sp³-hybridized carbons (Fsp3) is 0.900. The van der Waals surface area contributed by atoms with E-state index in [0.717, 1.165) is 32.5 Å². The highest BCUT2D eigenvalue weighted by Crippen LogP contribution is 2.16. The fourth-order valence-corrected chi connectivity index (χ4v) is 2.89. The molecule has 1 atom stereocenters. The Bertz CT molecular complexity index is 341. The van der Waals surface area contributed by atoms with Crippen molar-refractivity contribution in [1.82, 2.24) is 4.90 Å². The van der Waals surface area contributed by atoms with E-state index in [1.54, 1.807) is 0 Å². The van der Waals surface area contributed by atoms with E-state index >= 15 is 0 Å². The molecule has 4 nitrogen and oxygen atoms in total. The normalized spacial score (nSPS) is 23.2. The zero-order chi connectivity index (χ0) is 12.2. The molecule has 1 aliphatic rings. The van der Waals surface area contributed by atoms with E-state index in [-0.39, 0.29) is 5.75 Å². The van der Waals surface area contributed by atoms with Crippen molar-refractivity contribution in [3.05, 3.63) is 0 Å². The van der Waals surface area contributed by atoms with Gasteiger partial charge in [0.2, 0.25) is 0 Å². The fourth-order valence-electron chi connectivity index (χ4n) is 2.04. The van der Waals surface area contributed by atoms with E-state index in [1.165, 1.54) is 6.26 Å². The molecule has 1 aliphatic heterocycles. The first-order valence-electron chi connectivity index (χ1n) is 5.58. The minimum absolute atomic E-state index is 0.265. The predicted octanol–water partition coefficient (Wildman–Crippen LogP) is 0.419. The molecule has 0 aromatic rings. The first-order chi connectivity index (χ1) is 7.38. The summed E-state index contributed by atoms with van der Waals surface area (Å²) in [6.45, 7) is 2.74. The van der Waals surface area contributed by atoms with Gasteiger partial charge in [-0.3, -0.25) is 0 Å². The molecule has 0 saturated carbocycles. The van der Waals surface area contributed by atoms with Crippen molar-refractivity contribution in [1.29, 1.82) is 0 Å². The lowest BCUT2D eigenvalue weighted by Gasteiger charge is -2.32. The van der Waals surface area contributed by atoms with Crippen LogP contribution in [0.5, 0.6) is 0 Å². The van der Waals surface area contributed by atoms with Crippen molar-refractivity contribution < 1.29 is 8.42 Å². The van der Waals surface area contributed by atoms with Gasteiger partial charge in [0.1, 0.15) is 9.84 Å². The van der Waals surface area contributed by atoms with Crippen LogP contribution in [0.15, 0.2) is 0 Å². The summed E-state index contributed by atoms with van der Waals surface area (Å²) in [6.07, 6.45) is 4.14. The van der Waals surface area contributed by atoms with Crippen LogP contribution in [0.2, 0.25) is 0 Å². The molecule has 0 amide bonds. The topological polar surface area (TPSA) is 63.4 Å². The quantitative estimate of drug-likeness (QED) is 0.729. The van der Waals surface area contributed by atoms with Gasteiger partial charge in [0.25, 0.3) is 0 Å². The number of hydrogen-bond donors (Lipinski definition) is 1. The summed E-state index contributed by atoms with van der Waals surface area (Å²) in [5.41, 5.74) is 5.64. The Morgan fingerprint density at radius 2 is 2.25 bits per heavy atom. The van der Waals surface area contributed by atoms with Gasteiger partial charge in [-0.25, -0.2) is 8.42 Å². The van der Waals surface area contributed by atoms with Gasteiger partial charge in [-0.1, -0.05) is 12.2 Å². The molecular weight excluding hydrogens is 244 g/mol. The molecule has 0 aliphatic carbocycles. The summed E-state index contributed by atoms with van der Waals surface area (Å²) < 4.78 is 22.0. The van der Waals surface area contributed by atoms with Gasteiger partial charge < -0.3 is 10.6 Å². The van der Waals surface area contributed by atoms with Crippen molar-refractivity contribution in [2.75, 3.05) is 31.6 Å². The van der Waals surface area contributed by atoms with Crippen molar-refractivity contribution in [3.8, 4) is 0 Å². The summed E-state index contributed by atoms with van der Waals surface area (Å²) in [6, 6.07) is 0. The third kappa shape index (κ3) is 5.23. The minimum Gasteiger partial charge on any atom is -0.393 e. The molecule has 0 radical (unpaired) electrons. The Hall–Kier alpha value is -0.200. The summed E-state index contributed by atoms with van der Waals surface area (Å²) in [5, 5.41) is 0. The average Bonchev–Trinajstić information content (AvgIpc) is 2.16. The summed E-state index contributed by atoms with van der Waals surface area (Å²) in [5.74, 6) is 0.573. The summed E-state index contributed by atoms with van der Waals surface area (Å²) >= 11 is 5.00.